The first-order valence-corrected chi connectivity index (χ1v) is 9.07. The molecule has 1 aliphatic carbocycles. The van der Waals surface area contributed by atoms with E-state index < -0.39 is 20.9 Å². The summed E-state index contributed by atoms with van der Waals surface area (Å²) in [6.45, 7) is 4.29. The monoisotopic (exact) mass is 313 g/mol. The maximum atomic E-state index is 13.0. The molecule has 0 amide bonds. The van der Waals surface area contributed by atoms with Crippen LogP contribution in [0.5, 0.6) is 0 Å². The van der Waals surface area contributed by atoms with Crippen molar-refractivity contribution in [1.82, 2.24) is 5.32 Å². The molecule has 0 heterocycles. The summed E-state index contributed by atoms with van der Waals surface area (Å²) in [7, 11) is -1.62. The van der Waals surface area contributed by atoms with Gasteiger partial charge >= 0.3 is 0 Å². The molecule has 2 rings (SSSR count). The van der Waals surface area contributed by atoms with E-state index >= 15 is 0 Å². The summed E-state index contributed by atoms with van der Waals surface area (Å²) < 4.78 is 38.8. The number of benzene rings is 1. The van der Waals surface area contributed by atoms with Gasteiger partial charge in [-0.2, -0.15) is 0 Å². The fourth-order valence-corrected chi connectivity index (χ4v) is 5.31. The average Bonchev–Trinajstić information content (AvgIpc) is 2.46. The summed E-state index contributed by atoms with van der Waals surface area (Å²) in [6.07, 6.45) is 2.59. The van der Waals surface area contributed by atoms with Crippen LogP contribution >= 0.6 is 0 Å². The van der Waals surface area contributed by atoms with E-state index in [2.05, 4.69) is 19.2 Å². The molecule has 0 aromatic heterocycles. The lowest BCUT2D eigenvalue weighted by Gasteiger charge is -2.37. The largest absolute Gasteiger partial charge is 0.316 e. The molecule has 0 bridgehead atoms. The van der Waals surface area contributed by atoms with Crippen LogP contribution in [0.15, 0.2) is 29.2 Å². The molecule has 0 radical (unpaired) electrons. The molecular formula is C16H24FNO2S. The minimum atomic E-state index is -3.44. The van der Waals surface area contributed by atoms with Crippen molar-refractivity contribution in [2.24, 2.45) is 11.8 Å². The molecule has 3 atom stereocenters. The maximum absolute atomic E-state index is 13.0. The lowest BCUT2D eigenvalue weighted by atomic mass is 9.79. The zero-order valence-corrected chi connectivity index (χ0v) is 13.7. The average molecular weight is 313 g/mol. The van der Waals surface area contributed by atoms with Crippen LogP contribution in [0.4, 0.5) is 4.39 Å². The molecule has 1 N–H and O–H groups in total. The van der Waals surface area contributed by atoms with Gasteiger partial charge in [0.25, 0.3) is 0 Å². The normalized spacial score (nSPS) is 27.0. The van der Waals surface area contributed by atoms with Crippen molar-refractivity contribution in [3.8, 4) is 0 Å². The molecule has 3 unspecified atom stereocenters. The van der Waals surface area contributed by atoms with Crippen molar-refractivity contribution in [2.75, 3.05) is 7.05 Å². The van der Waals surface area contributed by atoms with E-state index in [0.29, 0.717) is 18.3 Å². The van der Waals surface area contributed by atoms with E-state index in [1.54, 1.807) is 0 Å². The number of sulfone groups is 1. The molecular weight excluding hydrogens is 289 g/mol. The van der Waals surface area contributed by atoms with Crippen LogP contribution in [0.3, 0.4) is 0 Å². The van der Waals surface area contributed by atoms with E-state index in [-0.39, 0.29) is 10.9 Å². The SMILES string of the molecule is CNC1CCC(C(C)C)CC1S(=O)(=O)c1ccc(F)cc1. The number of hydrogen-bond acceptors (Lipinski definition) is 3. The highest BCUT2D eigenvalue weighted by Crippen LogP contribution is 2.35. The Morgan fingerprint density at radius 2 is 1.81 bits per heavy atom. The van der Waals surface area contributed by atoms with Gasteiger partial charge in [-0.1, -0.05) is 13.8 Å². The fraction of sp³-hybridized carbons (Fsp3) is 0.625. The number of nitrogens with one attached hydrogen (secondary N) is 1. The Labute approximate surface area is 126 Å². The predicted molar refractivity (Wildman–Crippen MR) is 82.4 cm³/mol. The minimum Gasteiger partial charge on any atom is -0.316 e. The summed E-state index contributed by atoms with van der Waals surface area (Å²) in [6, 6.07) is 5.14. The standard InChI is InChI=1S/C16H24FNO2S/c1-11(2)12-4-9-15(18-3)16(10-12)21(19,20)14-7-5-13(17)6-8-14/h5-8,11-12,15-16,18H,4,9-10H2,1-3H3. The van der Waals surface area contributed by atoms with Crippen molar-refractivity contribution < 1.29 is 12.8 Å². The Balaban J connectivity index is 2.32. The summed E-state index contributed by atoms with van der Waals surface area (Å²) in [5, 5.41) is 2.71. The minimum absolute atomic E-state index is 0.0324. The van der Waals surface area contributed by atoms with Gasteiger partial charge in [0.15, 0.2) is 9.84 Å². The topological polar surface area (TPSA) is 46.2 Å². The van der Waals surface area contributed by atoms with Crippen LogP contribution in [0.2, 0.25) is 0 Å². The van der Waals surface area contributed by atoms with Crippen LogP contribution in [0, 0.1) is 17.7 Å². The molecule has 3 nitrogen and oxygen atoms in total. The van der Waals surface area contributed by atoms with E-state index in [0.717, 1.165) is 12.8 Å². The third-order valence-corrected chi connectivity index (χ3v) is 6.93. The molecule has 1 fully saturated rings. The fourth-order valence-electron chi connectivity index (χ4n) is 3.24. The zero-order valence-electron chi connectivity index (χ0n) is 12.8. The quantitative estimate of drug-likeness (QED) is 0.869. The Morgan fingerprint density at radius 1 is 1.19 bits per heavy atom. The highest BCUT2D eigenvalue weighted by Gasteiger charge is 2.39. The van der Waals surface area contributed by atoms with Crippen molar-refractivity contribution in [1.29, 1.82) is 0 Å². The van der Waals surface area contributed by atoms with Crippen molar-refractivity contribution in [2.45, 2.75) is 49.3 Å². The van der Waals surface area contributed by atoms with Gasteiger partial charge < -0.3 is 5.32 Å². The highest BCUT2D eigenvalue weighted by atomic mass is 32.2. The van der Waals surface area contributed by atoms with Crippen LogP contribution in [0.25, 0.3) is 0 Å². The van der Waals surface area contributed by atoms with Gasteiger partial charge in [-0.3, -0.25) is 0 Å². The van der Waals surface area contributed by atoms with Crippen LogP contribution < -0.4 is 5.32 Å². The lowest BCUT2D eigenvalue weighted by Crippen LogP contribution is -2.47. The second-order valence-corrected chi connectivity index (χ2v) is 8.42. The second-order valence-electron chi connectivity index (χ2n) is 6.25. The van der Waals surface area contributed by atoms with E-state index in [4.69, 9.17) is 0 Å². The summed E-state index contributed by atoms with van der Waals surface area (Å²) in [5.41, 5.74) is 0. The molecule has 1 saturated carbocycles. The van der Waals surface area contributed by atoms with Gasteiger partial charge in [0.1, 0.15) is 5.82 Å². The third-order valence-electron chi connectivity index (χ3n) is 4.69. The van der Waals surface area contributed by atoms with E-state index in [1.165, 1.54) is 24.3 Å². The first-order valence-electron chi connectivity index (χ1n) is 7.53. The van der Waals surface area contributed by atoms with Crippen molar-refractivity contribution in [3.05, 3.63) is 30.1 Å². The molecule has 118 valence electrons. The van der Waals surface area contributed by atoms with E-state index in [9.17, 15) is 12.8 Å². The van der Waals surface area contributed by atoms with Gasteiger partial charge in [-0.05, 0) is 62.4 Å². The molecule has 1 aromatic carbocycles. The Bertz CT molecular complexity index is 568. The van der Waals surface area contributed by atoms with Gasteiger partial charge in [0, 0.05) is 6.04 Å². The van der Waals surface area contributed by atoms with Crippen molar-refractivity contribution >= 4 is 9.84 Å². The molecule has 5 heteroatoms. The Hall–Kier alpha value is -0.940. The second kappa shape index (κ2) is 6.44. The molecule has 1 aliphatic rings. The van der Waals surface area contributed by atoms with Gasteiger partial charge in [0.05, 0.1) is 10.1 Å². The summed E-state index contributed by atoms with van der Waals surface area (Å²) >= 11 is 0. The zero-order chi connectivity index (χ0) is 15.6. The summed E-state index contributed by atoms with van der Waals surface area (Å²) in [5.74, 6) is 0.492. The van der Waals surface area contributed by atoms with Crippen LogP contribution in [-0.4, -0.2) is 26.8 Å². The lowest BCUT2D eigenvalue weighted by molar-refractivity contribution is 0.246. The Morgan fingerprint density at radius 3 is 2.33 bits per heavy atom. The first-order chi connectivity index (χ1) is 9.86. The number of hydrogen-bond donors (Lipinski definition) is 1. The maximum Gasteiger partial charge on any atom is 0.182 e. The molecule has 21 heavy (non-hydrogen) atoms. The molecule has 0 saturated heterocycles. The number of rotatable bonds is 4. The van der Waals surface area contributed by atoms with Crippen LogP contribution in [0.1, 0.15) is 33.1 Å². The van der Waals surface area contributed by atoms with Gasteiger partial charge in [-0.15, -0.1) is 0 Å². The smallest absolute Gasteiger partial charge is 0.182 e. The molecule has 1 aromatic rings. The first kappa shape index (κ1) is 16.4. The third kappa shape index (κ3) is 3.46. The van der Waals surface area contributed by atoms with E-state index in [1.807, 2.05) is 7.05 Å². The Kier molecular flexibility index (Phi) is 5.04. The number of halogens is 1. The predicted octanol–water partition coefficient (Wildman–Crippen LogP) is 3.01. The summed E-state index contributed by atoms with van der Waals surface area (Å²) in [4.78, 5) is 0.221. The van der Waals surface area contributed by atoms with Gasteiger partial charge in [0.2, 0.25) is 0 Å². The van der Waals surface area contributed by atoms with Crippen LogP contribution in [-0.2, 0) is 9.84 Å². The molecule has 0 aliphatic heterocycles. The van der Waals surface area contributed by atoms with Crippen molar-refractivity contribution in [3.63, 3.8) is 0 Å². The molecule has 0 spiro atoms. The highest BCUT2D eigenvalue weighted by molar-refractivity contribution is 7.92. The van der Waals surface area contributed by atoms with Gasteiger partial charge in [-0.25, -0.2) is 12.8 Å².